The maximum atomic E-state index is 12.8. The molecule has 31 heavy (non-hydrogen) atoms. The molecule has 1 aliphatic heterocycles. The molecule has 2 amide bonds. The number of hydrogen-bond acceptors (Lipinski definition) is 5. The van der Waals surface area contributed by atoms with Gasteiger partial charge in [-0.05, 0) is 30.5 Å². The second kappa shape index (κ2) is 9.69. The van der Waals surface area contributed by atoms with Crippen molar-refractivity contribution in [2.75, 3.05) is 11.9 Å². The highest BCUT2D eigenvalue weighted by Gasteiger charge is 2.41. The third kappa shape index (κ3) is 6.11. The highest BCUT2D eigenvalue weighted by molar-refractivity contribution is 5.97. The fourth-order valence-corrected chi connectivity index (χ4v) is 3.44. The van der Waals surface area contributed by atoms with E-state index in [1.807, 2.05) is 18.2 Å². The summed E-state index contributed by atoms with van der Waals surface area (Å²) >= 11 is 0. The maximum Gasteiger partial charge on any atom is 0.573 e. The summed E-state index contributed by atoms with van der Waals surface area (Å²) in [5.74, 6) is -1.01. The number of nitrogens with two attached hydrogens (primary N) is 1. The van der Waals surface area contributed by atoms with Crippen molar-refractivity contribution in [1.82, 2.24) is 4.90 Å². The summed E-state index contributed by atoms with van der Waals surface area (Å²) in [5, 5.41) is 2.54. The van der Waals surface area contributed by atoms with Crippen LogP contribution in [0.1, 0.15) is 18.4 Å². The number of benzene rings is 2. The van der Waals surface area contributed by atoms with Crippen LogP contribution in [-0.2, 0) is 16.1 Å². The lowest BCUT2D eigenvalue weighted by Gasteiger charge is -2.28. The second-order valence-electron chi connectivity index (χ2n) is 7.00. The first-order chi connectivity index (χ1) is 14.8. The number of carbonyl (C=O) groups excluding carboxylic acids is 2. The summed E-state index contributed by atoms with van der Waals surface area (Å²) < 4.78 is 46.5. The van der Waals surface area contributed by atoms with Crippen LogP contribution in [-0.4, -0.2) is 41.9 Å². The Kier molecular flexibility index (Phi) is 7.01. The van der Waals surface area contributed by atoms with Gasteiger partial charge in [-0.25, -0.2) is 4.79 Å². The van der Waals surface area contributed by atoms with E-state index in [1.165, 1.54) is 17.0 Å². The third-order valence-electron chi connectivity index (χ3n) is 4.83. The summed E-state index contributed by atoms with van der Waals surface area (Å²) in [5.41, 5.74) is 6.66. The molecule has 2 aromatic rings. The van der Waals surface area contributed by atoms with E-state index in [1.54, 1.807) is 12.1 Å². The molecule has 0 saturated carbocycles. The van der Waals surface area contributed by atoms with Crippen molar-refractivity contribution in [3.8, 4) is 5.75 Å². The van der Waals surface area contributed by atoms with Gasteiger partial charge in [0.2, 0.25) is 5.91 Å². The van der Waals surface area contributed by atoms with E-state index >= 15 is 0 Å². The molecule has 2 aromatic carbocycles. The molecule has 0 spiro atoms. The summed E-state index contributed by atoms with van der Waals surface area (Å²) in [4.78, 5) is 26.8. The monoisotopic (exact) mass is 437 g/mol. The van der Waals surface area contributed by atoms with Crippen LogP contribution < -0.4 is 15.8 Å². The minimum Gasteiger partial charge on any atom is -0.445 e. The SMILES string of the molecule is NC[C@H]1CC[C@@H](C(=O)Nc2cccc(OC(F)(F)F)c2)N1C(=O)OCc1ccccc1. The van der Waals surface area contributed by atoms with Crippen LogP contribution in [0.3, 0.4) is 0 Å². The van der Waals surface area contributed by atoms with Crippen LogP contribution >= 0.6 is 0 Å². The van der Waals surface area contributed by atoms with Crippen LogP contribution in [0, 0.1) is 0 Å². The number of anilines is 1. The van der Waals surface area contributed by atoms with E-state index in [2.05, 4.69) is 10.1 Å². The van der Waals surface area contributed by atoms with Crippen molar-refractivity contribution >= 4 is 17.7 Å². The average Bonchev–Trinajstić information content (AvgIpc) is 3.16. The molecular weight excluding hydrogens is 415 g/mol. The van der Waals surface area contributed by atoms with Crippen LogP contribution in [0.4, 0.5) is 23.7 Å². The molecule has 0 aliphatic carbocycles. The van der Waals surface area contributed by atoms with Crippen LogP contribution in [0.2, 0.25) is 0 Å². The van der Waals surface area contributed by atoms with E-state index in [9.17, 15) is 22.8 Å². The number of nitrogens with zero attached hydrogens (tertiary/aromatic N) is 1. The Morgan fingerprint density at radius 3 is 2.52 bits per heavy atom. The Morgan fingerprint density at radius 1 is 1.10 bits per heavy atom. The Bertz CT molecular complexity index is 908. The fraction of sp³-hybridized carbons (Fsp3) is 0.333. The molecule has 7 nitrogen and oxygen atoms in total. The Morgan fingerprint density at radius 2 is 1.84 bits per heavy atom. The fourth-order valence-electron chi connectivity index (χ4n) is 3.44. The van der Waals surface area contributed by atoms with Gasteiger partial charge in [-0.1, -0.05) is 36.4 Å². The summed E-state index contributed by atoms with van der Waals surface area (Å²) in [6.07, 6.45) is -4.66. The molecule has 0 bridgehead atoms. The summed E-state index contributed by atoms with van der Waals surface area (Å²) in [7, 11) is 0. The van der Waals surface area contributed by atoms with E-state index < -0.39 is 30.2 Å². The van der Waals surface area contributed by atoms with Crippen molar-refractivity contribution < 1.29 is 32.2 Å². The van der Waals surface area contributed by atoms with E-state index in [-0.39, 0.29) is 24.9 Å². The molecule has 2 atom stereocenters. The number of hydrogen-bond donors (Lipinski definition) is 2. The molecule has 3 N–H and O–H groups in total. The maximum absolute atomic E-state index is 12.8. The van der Waals surface area contributed by atoms with Gasteiger partial charge >= 0.3 is 12.5 Å². The summed E-state index contributed by atoms with van der Waals surface area (Å²) in [6.45, 7) is 0.192. The van der Waals surface area contributed by atoms with Crippen LogP contribution in [0.5, 0.6) is 5.75 Å². The van der Waals surface area contributed by atoms with Gasteiger partial charge in [-0.15, -0.1) is 13.2 Å². The molecule has 1 saturated heterocycles. The van der Waals surface area contributed by atoms with Crippen molar-refractivity contribution in [2.24, 2.45) is 5.73 Å². The molecule has 0 radical (unpaired) electrons. The average molecular weight is 437 g/mol. The molecule has 0 aromatic heterocycles. The number of alkyl halides is 3. The first-order valence-corrected chi connectivity index (χ1v) is 9.62. The summed E-state index contributed by atoms with van der Waals surface area (Å²) in [6, 6.07) is 12.8. The van der Waals surface area contributed by atoms with E-state index in [4.69, 9.17) is 10.5 Å². The third-order valence-corrected chi connectivity index (χ3v) is 4.83. The van der Waals surface area contributed by atoms with Crippen LogP contribution in [0.15, 0.2) is 54.6 Å². The van der Waals surface area contributed by atoms with Crippen molar-refractivity contribution in [3.63, 3.8) is 0 Å². The van der Waals surface area contributed by atoms with Gasteiger partial charge < -0.3 is 20.5 Å². The molecule has 1 fully saturated rings. The zero-order chi connectivity index (χ0) is 22.4. The number of rotatable bonds is 6. The first-order valence-electron chi connectivity index (χ1n) is 9.62. The normalized spacial score (nSPS) is 18.5. The minimum absolute atomic E-state index is 0.0403. The van der Waals surface area contributed by atoms with E-state index in [0.29, 0.717) is 12.8 Å². The number of halogens is 3. The van der Waals surface area contributed by atoms with Crippen LogP contribution in [0.25, 0.3) is 0 Å². The number of likely N-dealkylation sites (tertiary alicyclic amines) is 1. The highest BCUT2D eigenvalue weighted by atomic mass is 19.4. The van der Waals surface area contributed by atoms with Gasteiger partial charge in [0, 0.05) is 24.3 Å². The molecule has 1 heterocycles. The highest BCUT2D eigenvalue weighted by Crippen LogP contribution is 2.28. The number of carbonyl (C=O) groups is 2. The zero-order valence-corrected chi connectivity index (χ0v) is 16.5. The predicted octanol–water partition coefficient (Wildman–Crippen LogP) is 3.65. The van der Waals surface area contributed by atoms with Gasteiger partial charge in [-0.2, -0.15) is 0 Å². The largest absolute Gasteiger partial charge is 0.573 e. The Labute approximate surface area is 176 Å². The van der Waals surface area contributed by atoms with Gasteiger partial charge in [-0.3, -0.25) is 9.69 Å². The minimum atomic E-state index is -4.85. The number of nitrogens with one attached hydrogen (secondary N) is 1. The van der Waals surface area contributed by atoms with Gasteiger partial charge in [0.1, 0.15) is 18.4 Å². The predicted molar refractivity (Wildman–Crippen MR) is 106 cm³/mol. The smallest absolute Gasteiger partial charge is 0.445 e. The Balaban J connectivity index is 1.67. The van der Waals surface area contributed by atoms with Gasteiger partial charge in [0.05, 0.1) is 0 Å². The molecule has 1 aliphatic rings. The van der Waals surface area contributed by atoms with Crippen molar-refractivity contribution in [2.45, 2.75) is 37.9 Å². The molecule has 166 valence electrons. The van der Waals surface area contributed by atoms with E-state index in [0.717, 1.165) is 17.7 Å². The lowest BCUT2D eigenvalue weighted by Crippen LogP contribution is -2.49. The zero-order valence-electron chi connectivity index (χ0n) is 16.5. The molecule has 10 heteroatoms. The number of ether oxygens (including phenoxy) is 2. The first kappa shape index (κ1) is 22.4. The standard InChI is InChI=1S/C21H22F3N3O4/c22-21(23,24)31-17-8-4-7-15(11-17)26-19(28)18-10-9-16(12-25)27(18)20(29)30-13-14-5-2-1-3-6-14/h1-8,11,16,18H,9-10,12-13,25H2,(H,26,28)/t16-,18+/m1/s1. The molecule has 0 unspecified atom stereocenters. The van der Waals surface area contributed by atoms with Gasteiger partial charge in [0.15, 0.2) is 0 Å². The molecule has 3 rings (SSSR count). The quantitative estimate of drug-likeness (QED) is 0.720. The Hall–Kier alpha value is -3.27. The lowest BCUT2D eigenvalue weighted by molar-refractivity contribution is -0.274. The van der Waals surface area contributed by atoms with Crippen molar-refractivity contribution in [3.05, 3.63) is 60.2 Å². The van der Waals surface area contributed by atoms with Crippen molar-refractivity contribution in [1.29, 1.82) is 0 Å². The molecular formula is C21H22F3N3O4. The number of amides is 2. The lowest BCUT2D eigenvalue weighted by atomic mass is 10.2. The second-order valence-corrected chi connectivity index (χ2v) is 7.00. The van der Waals surface area contributed by atoms with Gasteiger partial charge in [0.25, 0.3) is 0 Å². The topological polar surface area (TPSA) is 93.9 Å².